The predicted octanol–water partition coefficient (Wildman–Crippen LogP) is 1.51. The summed E-state index contributed by atoms with van der Waals surface area (Å²) in [7, 11) is 0. The monoisotopic (exact) mass is 400 g/mol. The molecule has 3 N–H and O–H groups in total. The number of nitrogens with zero attached hydrogens (tertiary/aromatic N) is 1. The van der Waals surface area contributed by atoms with E-state index in [4.69, 9.17) is 0 Å². The van der Waals surface area contributed by atoms with Crippen LogP contribution in [0.1, 0.15) is 30.0 Å². The van der Waals surface area contributed by atoms with Crippen molar-refractivity contribution in [2.24, 2.45) is 10.9 Å². The van der Waals surface area contributed by atoms with Crippen LogP contribution in [-0.4, -0.2) is 29.9 Å². The first-order valence-corrected chi connectivity index (χ1v) is 10.5. The molecule has 3 heterocycles. The Morgan fingerprint density at radius 1 is 1.10 bits per heavy atom. The highest BCUT2D eigenvalue weighted by Crippen LogP contribution is 2.25. The summed E-state index contributed by atoms with van der Waals surface area (Å²) in [6.45, 7) is 2.32. The van der Waals surface area contributed by atoms with Gasteiger partial charge >= 0.3 is 0 Å². The van der Waals surface area contributed by atoms with E-state index in [0.29, 0.717) is 6.54 Å². The fourth-order valence-corrected chi connectivity index (χ4v) is 4.29. The van der Waals surface area contributed by atoms with Gasteiger partial charge in [0.1, 0.15) is 0 Å². The summed E-state index contributed by atoms with van der Waals surface area (Å²) in [5, 5.41) is 9.08. The lowest BCUT2D eigenvalue weighted by Crippen LogP contribution is -2.37. The van der Waals surface area contributed by atoms with Crippen molar-refractivity contribution in [1.82, 2.24) is 15.6 Å². The highest BCUT2D eigenvalue weighted by atomic mass is 16.2. The van der Waals surface area contributed by atoms with Gasteiger partial charge in [0.15, 0.2) is 0 Å². The van der Waals surface area contributed by atoms with Gasteiger partial charge in [-0.1, -0.05) is 30.3 Å². The van der Waals surface area contributed by atoms with Crippen molar-refractivity contribution in [2.75, 3.05) is 13.1 Å². The van der Waals surface area contributed by atoms with Crippen LogP contribution in [0, 0.1) is 5.92 Å². The topological polar surface area (TPSA) is 86.3 Å². The summed E-state index contributed by atoms with van der Waals surface area (Å²) in [6.07, 6.45) is 3.76. The highest BCUT2D eigenvalue weighted by Gasteiger charge is 2.23. The van der Waals surface area contributed by atoms with Gasteiger partial charge in [-0.05, 0) is 61.0 Å². The molecule has 2 aromatic carbocycles. The summed E-state index contributed by atoms with van der Waals surface area (Å²) in [5.41, 5.74) is 2.85. The van der Waals surface area contributed by atoms with E-state index in [9.17, 15) is 9.59 Å². The van der Waals surface area contributed by atoms with Gasteiger partial charge in [0, 0.05) is 29.1 Å². The number of nitrogens with one attached hydrogen (secondary N) is 3. The summed E-state index contributed by atoms with van der Waals surface area (Å²) in [5.74, 6) is -0.326. The van der Waals surface area contributed by atoms with Crippen LogP contribution in [-0.2, 0) is 16.1 Å². The third-order valence-electron chi connectivity index (χ3n) is 6.00. The number of amides is 2. The molecule has 1 fully saturated rings. The fraction of sp³-hybridized carbons (Fsp3) is 0.292. The van der Waals surface area contributed by atoms with Crippen molar-refractivity contribution in [3.05, 3.63) is 70.4 Å². The number of para-hydroxylation sites is 1. The normalized spacial score (nSPS) is 19.1. The van der Waals surface area contributed by atoms with Crippen LogP contribution in [0.5, 0.6) is 0 Å². The number of rotatable bonds is 4. The zero-order valence-corrected chi connectivity index (χ0v) is 16.7. The Labute approximate surface area is 174 Å². The first kappa shape index (κ1) is 18.8. The maximum Gasteiger partial charge on any atom is 0.259 e. The lowest BCUT2D eigenvalue weighted by atomic mass is 9.97. The SMILES string of the molecule is O=C(NCc1ccc2[nH]c(C3C=c4ccccc4=NC3=O)cc2c1)C1CCNCC1. The van der Waals surface area contributed by atoms with Gasteiger partial charge in [0.25, 0.3) is 5.91 Å². The van der Waals surface area contributed by atoms with Crippen LogP contribution >= 0.6 is 0 Å². The summed E-state index contributed by atoms with van der Waals surface area (Å²) in [4.78, 5) is 32.6. The fourth-order valence-electron chi connectivity index (χ4n) is 4.29. The molecule has 0 radical (unpaired) electrons. The number of aromatic amines is 1. The van der Waals surface area contributed by atoms with Gasteiger partial charge < -0.3 is 15.6 Å². The van der Waals surface area contributed by atoms with E-state index < -0.39 is 5.92 Å². The molecule has 2 aliphatic heterocycles. The predicted molar refractivity (Wildman–Crippen MR) is 115 cm³/mol. The molecule has 0 saturated carbocycles. The van der Waals surface area contributed by atoms with Crippen molar-refractivity contribution in [2.45, 2.75) is 25.3 Å². The maximum absolute atomic E-state index is 12.6. The summed E-state index contributed by atoms with van der Waals surface area (Å²) < 4.78 is 0. The number of hydrogen-bond donors (Lipinski definition) is 3. The molecule has 0 bridgehead atoms. The largest absolute Gasteiger partial charge is 0.357 e. The molecule has 6 nitrogen and oxygen atoms in total. The smallest absolute Gasteiger partial charge is 0.259 e. The highest BCUT2D eigenvalue weighted by molar-refractivity contribution is 5.93. The van der Waals surface area contributed by atoms with Gasteiger partial charge in [-0.15, -0.1) is 0 Å². The second-order valence-corrected chi connectivity index (χ2v) is 8.04. The third kappa shape index (κ3) is 3.66. The average Bonchev–Trinajstić information content (AvgIpc) is 3.20. The van der Waals surface area contributed by atoms with Gasteiger partial charge in [0.05, 0.1) is 11.3 Å². The standard InChI is InChI=1S/C24H24N4O2/c29-23(16-7-9-25-10-8-16)26-14-15-5-6-21-18(11-15)13-22(27-21)19-12-17-3-1-2-4-20(17)28-24(19)30/h1-6,11-13,16,19,25,27H,7-10,14H2,(H,26,29). The number of hydrogen-bond acceptors (Lipinski definition) is 3. The molecular weight excluding hydrogens is 376 g/mol. The minimum absolute atomic E-state index is 0.105. The summed E-state index contributed by atoms with van der Waals surface area (Å²) in [6, 6.07) is 15.8. The van der Waals surface area contributed by atoms with E-state index in [1.807, 2.05) is 48.5 Å². The maximum atomic E-state index is 12.6. The van der Waals surface area contributed by atoms with Crippen LogP contribution in [0.25, 0.3) is 17.0 Å². The zero-order chi connectivity index (χ0) is 20.5. The Hall–Kier alpha value is -3.25. The van der Waals surface area contributed by atoms with Crippen LogP contribution in [0.4, 0.5) is 0 Å². The molecular formula is C24H24N4O2. The number of benzene rings is 2. The Morgan fingerprint density at radius 3 is 2.80 bits per heavy atom. The minimum Gasteiger partial charge on any atom is -0.357 e. The lowest BCUT2D eigenvalue weighted by Gasteiger charge is -2.21. The van der Waals surface area contributed by atoms with Crippen molar-refractivity contribution in [3.63, 3.8) is 0 Å². The van der Waals surface area contributed by atoms with E-state index in [1.54, 1.807) is 0 Å². The van der Waals surface area contributed by atoms with E-state index in [2.05, 4.69) is 26.7 Å². The number of H-pyrrole nitrogens is 1. The van der Waals surface area contributed by atoms with E-state index >= 15 is 0 Å². The third-order valence-corrected chi connectivity index (χ3v) is 6.00. The molecule has 152 valence electrons. The first-order chi connectivity index (χ1) is 14.7. The molecule has 1 unspecified atom stereocenters. The molecule has 2 amide bonds. The van der Waals surface area contributed by atoms with Crippen LogP contribution < -0.4 is 21.2 Å². The number of carbonyl (C=O) groups excluding carboxylic acids is 2. The molecule has 3 aromatic rings. The summed E-state index contributed by atoms with van der Waals surface area (Å²) >= 11 is 0. The number of piperidine rings is 1. The van der Waals surface area contributed by atoms with Crippen molar-refractivity contribution in [3.8, 4) is 0 Å². The molecule has 5 rings (SSSR count). The quantitative estimate of drug-likeness (QED) is 0.621. The Morgan fingerprint density at radius 2 is 1.93 bits per heavy atom. The second-order valence-electron chi connectivity index (χ2n) is 8.04. The van der Waals surface area contributed by atoms with E-state index in [0.717, 1.165) is 58.7 Å². The number of aromatic nitrogens is 1. The van der Waals surface area contributed by atoms with Crippen molar-refractivity contribution in [1.29, 1.82) is 0 Å². The van der Waals surface area contributed by atoms with Crippen LogP contribution in [0.2, 0.25) is 0 Å². The minimum atomic E-state index is -0.407. The second kappa shape index (κ2) is 7.88. The molecule has 1 saturated heterocycles. The molecule has 6 heteroatoms. The Balaban J connectivity index is 1.35. The molecule has 0 spiro atoms. The lowest BCUT2D eigenvalue weighted by molar-refractivity contribution is -0.126. The zero-order valence-electron chi connectivity index (χ0n) is 16.7. The Kier molecular flexibility index (Phi) is 4.93. The van der Waals surface area contributed by atoms with Gasteiger partial charge in [-0.3, -0.25) is 9.59 Å². The van der Waals surface area contributed by atoms with Crippen LogP contribution in [0.15, 0.2) is 53.5 Å². The van der Waals surface area contributed by atoms with E-state index in [1.165, 1.54) is 0 Å². The molecule has 30 heavy (non-hydrogen) atoms. The average molecular weight is 400 g/mol. The van der Waals surface area contributed by atoms with Crippen molar-refractivity contribution >= 4 is 28.8 Å². The molecule has 1 aromatic heterocycles. The number of fused-ring (bicyclic) bond motifs is 2. The van der Waals surface area contributed by atoms with Gasteiger partial charge in [-0.25, -0.2) is 4.99 Å². The van der Waals surface area contributed by atoms with E-state index in [-0.39, 0.29) is 17.7 Å². The van der Waals surface area contributed by atoms with Gasteiger partial charge in [-0.2, -0.15) is 0 Å². The Bertz CT molecular complexity index is 1240. The van der Waals surface area contributed by atoms with Crippen LogP contribution in [0.3, 0.4) is 0 Å². The first-order valence-electron chi connectivity index (χ1n) is 10.5. The molecule has 0 aliphatic carbocycles. The number of carbonyl (C=O) groups is 2. The molecule has 1 atom stereocenters. The van der Waals surface area contributed by atoms with Crippen molar-refractivity contribution < 1.29 is 9.59 Å². The van der Waals surface area contributed by atoms with Gasteiger partial charge in [0.2, 0.25) is 5.91 Å². The molecule has 2 aliphatic rings.